The average Bonchev–Trinajstić information content (AvgIpc) is 3.05. The van der Waals surface area contributed by atoms with Crippen LogP contribution < -0.4 is 5.32 Å². The summed E-state index contributed by atoms with van der Waals surface area (Å²) in [6.07, 6.45) is 3.48. The second-order valence-corrected chi connectivity index (χ2v) is 7.01. The second-order valence-electron chi connectivity index (χ2n) is 7.01. The van der Waals surface area contributed by atoms with E-state index < -0.39 is 5.82 Å². The van der Waals surface area contributed by atoms with Crippen LogP contribution in [-0.4, -0.2) is 45.2 Å². The molecule has 1 fully saturated rings. The molecular formula is C21H23ClFN5O. The van der Waals surface area contributed by atoms with Gasteiger partial charge in [-0.05, 0) is 49.7 Å². The maximum Gasteiger partial charge on any atom is 0.254 e. The summed E-state index contributed by atoms with van der Waals surface area (Å²) in [6, 6.07) is 10.2. The quantitative estimate of drug-likeness (QED) is 0.713. The number of hydrogen-bond acceptors (Lipinski definition) is 4. The monoisotopic (exact) mass is 415 g/mol. The lowest BCUT2D eigenvalue weighted by atomic mass is 10.0. The summed E-state index contributed by atoms with van der Waals surface area (Å²) in [5.74, 6) is -0.653. The van der Waals surface area contributed by atoms with E-state index in [0.29, 0.717) is 30.9 Å². The number of amides is 1. The molecule has 0 aliphatic carbocycles. The van der Waals surface area contributed by atoms with E-state index in [1.807, 2.05) is 32.0 Å². The van der Waals surface area contributed by atoms with Gasteiger partial charge in [-0.25, -0.2) is 9.07 Å². The normalized spacial score (nSPS) is 16.4. The summed E-state index contributed by atoms with van der Waals surface area (Å²) < 4.78 is 16.4. The predicted molar refractivity (Wildman–Crippen MR) is 111 cm³/mol. The molecule has 0 bridgehead atoms. The van der Waals surface area contributed by atoms with Gasteiger partial charge in [-0.3, -0.25) is 9.78 Å². The fourth-order valence-electron chi connectivity index (χ4n) is 3.67. The molecule has 3 aromatic rings. The molecule has 0 radical (unpaired) electrons. The van der Waals surface area contributed by atoms with Gasteiger partial charge in [-0.15, -0.1) is 12.4 Å². The molecule has 3 heterocycles. The number of hydrogen-bond donors (Lipinski definition) is 1. The number of carbonyl (C=O) groups excluding carboxylic acids is 1. The largest absolute Gasteiger partial charge is 0.329 e. The summed E-state index contributed by atoms with van der Waals surface area (Å²) in [5.41, 5.74) is 3.29. The number of halogens is 2. The Kier molecular flexibility index (Phi) is 6.30. The summed E-state index contributed by atoms with van der Waals surface area (Å²) in [7, 11) is 0. The lowest BCUT2D eigenvalue weighted by Crippen LogP contribution is -2.48. The molecule has 1 aromatic carbocycles. The van der Waals surface area contributed by atoms with E-state index in [1.54, 1.807) is 34.1 Å². The Bertz CT molecular complexity index is 1010. The third-order valence-electron chi connectivity index (χ3n) is 5.01. The highest BCUT2D eigenvalue weighted by molar-refractivity contribution is 5.94. The minimum absolute atomic E-state index is 0. The molecule has 29 heavy (non-hydrogen) atoms. The van der Waals surface area contributed by atoms with E-state index in [1.165, 1.54) is 6.07 Å². The highest BCUT2D eigenvalue weighted by Gasteiger charge is 2.29. The van der Waals surface area contributed by atoms with Gasteiger partial charge in [-0.2, -0.15) is 5.10 Å². The Hall–Kier alpha value is -2.77. The maximum absolute atomic E-state index is 14.8. The van der Waals surface area contributed by atoms with Gasteiger partial charge in [-0.1, -0.05) is 6.07 Å². The molecule has 2 aromatic heterocycles. The third-order valence-corrected chi connectivity index (χ3v) is 5.01. The first-order chi connectivity index (χ1) is 13.5. The molecule has 4 rings (SSSR count). The molecule has 1 saturated heterocycles. The van der Waals surface area contributed by atoms with Gasteiger partial charge in [0.2, 0.25) is 0 Å². The molecule has 1 N–H and O–H groups in total. The van der Waals surface area contributed by atoms with Crippen molar-refractivity contribution >= 4 is 18.3 Å². The van der Waals surface area contributed by atoms with Crippen LogP contribution in [-0.2, 0) is 0 Å². The van der Waals surface area contributed by atoms with Crippen LogP contribution in [0.1, 0.15) is 33.4 Å². The Labute approximate surface area is 175 Å². The van der Waals surface area contributed by atoms with E-state index in [9.17, 15) is 9.18 Å². The van der Waals surface area contributed by atoms with Crippen molar-refractivity contribution in [2.75, 3.05) is 19.6 Å². The smallest absolute Gasteiger partial charge is 0.254 e. The van der Waals surface area contributed by atoms with Gasteiger partial charge in [0.05, 0.1) is 11.7 Å². The molecular weight excluding hydrogens is 393 g/mol. The first-order valence-electron chi connectivity index (χ1n) is 9.29. The van der Waals surface area contributed by atoms with Gasteiger partial charge >= 0.3 is 0 Å². The number of benzene rings is 1. The SMILES string of the molecule is Cc1cc(C)n(-c2ccc(C(=O)N3CCNCC3c3cccnc3)cc2F)n1.Cl. The van der Waals surface area contributed by atoms with E-state index in [2.05, 4.69) is 15.4 Å². The summed E-state index contributed by atoms with van der Waals surface area (Å²) in [6.45, 7) is 5.64. The molecule has 0 spiro atoms. The van der Waals surface area contributed by atoms with Crippen LogP contribution in [0.4, 0.5) is 4.39 Å². The molecule has 8 heteroatoms. The average molecular weight is 416 g/mol. The van der Waals surface area contributed by atoms with Crippen LogP contribution in [0.5, 0.6) is 0 Å². The number of aromatic nitrogens is 3. The highest BCUT2D eigenvalue weighted by atomic mass is 35.5. The van der Waals surface area contributed by atoms with Crippen LogP contribution >= 0.6 is 12.4 Å². The van der Waals surface area contributed by atoms with Gasteiger partial charge in [0.15, 0.2) is 0 Å². The van der Waals surface area contributed by atoms with E-state index in [4.69, 9.17) is 0 Å². The molecule has 1 amide bonds. The molecule has 1 atom stereocenters. The topological polar surface area (TPSA) is 63.1 Å². The van der Waals surface area contributed by atoms with Crippen LogP contribution in [0.2, 0.25) is 0 Å². The highest BCUT2D eigenvalue weighted by Crippen LogP contribution is 2.25. The molecule has 0 saturated carbocycles. The summed E-state index contributed by atoms with van der Waals surface area (Å²) in [4.78, 5) is 19.1. The van der Waals surface area contributed by atoms with Crippen molar-refractivity contribution in [3.63, 3.8) is 0 Å². The van der Waals surface area contributed by atoms with Crippen molar-refractivity contribution in [3.8, 4) is 5.69 Å². The number of aryl methyl sites for hydroxylation is 2. The number of piperazine rings is 1. The zero-order valence-corrected chi connectivity index (χ0v) is 17.1. The van der Waals surface area contributed by atoms with Crippen molar-refractivity contribution in [1.82, 2.24) is 25.0 Å². The Morgan fingerprint density at radius 1 is 1.24 bits per heavy atom. The lowest BCUT2D eigenvalue weighted by molar-refractivity contribution is 0.0633. The predicted octanol–water partition coefficient (Wildman–Crippen LogP) is 3.23. The number of nitrogens with one attached hydrogen (secondary N) is 1. The molecule has 6 nitrogen and oxygen atoms in total. The standard InChI is InChI=1S/C21H22FN5O.ClH/c1-14-10-15(2)27(25-14)19-6-5-16(11-18(19)22)21(28)26-9-8-24-13-20(26)17-4-3-7-23-12-17;/h3-7,10-12,20,24H,8-9,13H2,1-2H3;1H. The molecule has 1 aliphatic heterocycles. The Morgan fingerprint density at radius 2 is 2.07 bits per heavy atom. The van der Waals surface area contributed by atoms with Crippen molar-refractivity contribution < 1.29 is 9.18 Å². The first kappa shape index (κ1) is 21.0. The van der Waals surface area contributed by atoms with Crippen LogP contribution in [0.15, 0.2) is 48.8 Å². The van der Waals surface area contributed by atoms with Crippen molar-refractivity contribution in [2.45, 2.75) is 19.9 Å². The van der Waals surface area contributed by atoms with E-state index in [-0.39, 0.29) is 24.4 Å². The van der Waals surface area contributed by atoms with Crippen LogP contribution in [0.25, 0.3) is 5.69 Å². The number of carbonyl (C=O) groups is 1. The second kappa shape index (κ2) is 8.71. The zero-order chi connectivity index (χ0) is 19.7. The van der Waals surface area contributed by atoms with E-state index >= 15 is 0 Å². The number of rotatable bonds is 3. The Morgan fingerprint density at radius 3 is 2.72 bits per heavy atom. The van der Waals surface area contributed by atoms with E-state index in [0.717, 1.165) is 17.0 Å². The molecule has 152 valence electrons. The number of nitrogens with zero attached hydrogens (tertiary/aromatic N) is 4. The van der Waals surface area contributed by atoms with Crippen molar-refractivity contribution in [3.05, 3.63) is 77.1 Å². The molecule has 1 aliphatic rings. The molecule has 1 unspecified atom stereocenters. The minimum atomic E-state index is -0.467. The first-order valence-corrected chi connectivity index (χ1v) is 9.29. The van der Waals surface area contributed by atoms with Gasteiger partial charge in [0.1, 0.15) is 11.5 Å². The van der Waals surface area contributed by atoms with Crippen LogP contribution in [0.3, 0.4) is 0 Å². The summed E-state index contributed by atoms with van der Waals surface area (Å²) in [5, 5.41) is 7.64. The maximum atomic E-state index is 14.8. The minimum Gasteiger partial charge on any atom is -0.329 e. The van der Waals surface area contributed by atoms with Gasteiger partial charge in [0.25, 0.3) is 5.91 Å². The lowest BCUT2D eigenvalue weighted by Gasteiger charge is -2.36. The van der Waals surface area contributed by atoms with Gasteiger partial charge < -0.3 is 10.2 Å². The van der Waals surface area contributed by atoms with Crippen molar-refractivity contribution in [1.29, 1.82) is 0 Å². The van der Waals surface area contributed by atoms with Crippen molar-refractivity contribution in [2.24, 2.45) is 0 Å². The fourth-order valence-corrected chi connectivity index (χ4v) is 3.67. The summed E-state index contributed by atoms with van der Waals surface area (Å²) >= 11 is 0. The third kappa shape index (κ3) is 4.16. The fraction of sp³-hybridized carbons (Fsp3) is 0.286. The van der Waals surface area contributed by atoms with Crippen LogP contribution in [0, 0.1) is 19.7 Å². The zero-order valence-electron chi connectivity index (χ0n) is 16.3. The van der Waals surface area contributed by atoms with Gasteiger partial charge in [0, 0.05) is 43.3 Å². The number of pyridine rings is 1. The Balaban J connectivity index is 0.00000240.